The van der Waals surface area contributed by atoms with Crippen LogP contribution in [0, 0.1) is 6.92 Å². The molecule has 23 nitrogen and oxygen atoms in total. The number of pyridine rings is 4. The lowest BCUT2D eigenvalue weighted by Crippen LogP contribution is -2.25. The van der Waals surface area contributed by atoms with Crippen LogP contribution in [0.2, 0.25) is 0 Å². The van der Waals surface area contributed by atoms with Crippen molar-refractivity contribution in [1.29, 1.82) is 0 Å². The molecule has 0 unspecified atom stereocenters. The number of aromatic nitrogens is 13. The first-order valence-electron chi connectivity index (χ1n) is 46.3. The molecule has 0 spiro atoms. The molecular weight excluding hydrogens is 1730 g/mol. The van der Waals surface area contributed by atoms with Crippen LogP contribution in [-0.2, 0) is 10.8 Å². The van der Waals surface area contributed by atoms with Gasteiger partial charge in [0.25, 0.3) is 28.1 Å². The molecular formula is C110H114N14O9S2. The first-order valence-corrected chi connectivity index (χ1v) is 47.9. The van der Waals surface area contributed by atoms with E-state index in [1.165, 1.54) is 65.4 Å². The van der Waals surface area contributed by atoms with Gasteiger partial charge in [0.05, 0.1) is 43.1 Å². The molecule has 690 valence electrons. The molecule has 18 rings (SSSR count). The summed E-state index contributed by atoms with van der Waals surface area (Å²) in [6.07, 6.45) is 16.5. The maximum absolute atomic E-state index is 13.4. The molecule has 25 heteroatoms. The molecule has 0 bridgehead atoms. The number of unbranched alkanes of at least 4 members (excludes halogenated alkanes) is 5. The van der Waals surface area contributed by atoms with Crippen LogP contribution in [0.4, 0.5) is 5.69 Å². The van der Waals surface area contributed by atoms with Crippen molar-refractivity contribution in [3.8, 4) is 145 Å². The van der Waals surface area contributed by atoms with Gasteiger partial charge in [-0.25, -0.2) is 15.0 Å². The third-order valence-corrected chi connectivity index (χ3v) is 25.7. The minimum absolute atomic E-state index is 0.00948. The zero-order chi connectivity index (χ0) is 94.5. The van der Waals surface area contributed by atoms with E-state index in [1.807, 2.05) is 177 Å². The minimum atomic E-state index is -0.448. The van der Waals surface area contributed by atoms with Gasteiger partial charge < -0.3 is 44.2 Å². The number of fused-ring (bicyclic) bond motifs is 1. The molecule has 17 aromatic rings. The van der Waals surface area contributed by atoms with E-state index >= 15 is 0 Å². The number of ether oxygens (including phenoxy) is 4. The van der Waals surface area contributed by atoms with Gasteiger partial charge in [0.1, 0.15) is 47.5 Å². The number of carbonyl (C=O) groups excluding carboxylic acids is 1. The van der Waals surface area contributed by atoms with Crippen LogP contribution >= 0.6 is 22.7 Å². The molecule has 0 saturated heterocycles. The van der Waals surface area contributed by atoms with E-state index < -0.39 is 11.5 Å². The Bertz CT molecular complexity index is 7000. The third-order valence-electron chi connectivity index (χ3n) is 23.3. The second-order valence-electron chi connectivity index (χ2n) is 35.6. The van der Waals surface area contributed by atoms with Gasteiger partial charge in [-0.2, -0.15) is 15.3 Å². The smallest absolute Gasteiger partial charge is 0.261 e. The van der Waals surface area contributed by atoms with Gasteiger partial charge in [0.15, 0.2) is 17.5 Å². The van der Waals surface area contributed by atoms with Gasteiger partial charge >= 0.3 is 0 Å². The number of aryl methyl sites for hydroxylation is 1. The van der Waals surface area contributed by atoms with Crippen molar-refractivity contribution in [2.24, 2.45) is 0 Å². The SMILES string of the molecule is CCCCCOc1ccc(-c2cc(-c3ccc(C4CC4)s3)c(-c3ncn[nH]3)c(=O)[nH]2)cc1.CCCCOc1ccc(-c2cc(-c3cc4ccccc4s3)c(-c3ncn[nH]3)c(=O)[nH]2)cc1.CCCCOc1ccc(-c2cc(-c3ccc(C(C)(C)C)cc3)c(-c3ncn[nH]3)c(=O)[nH]2)cc1.CCCCOc1ccc(-c2cc(-c3ccc(C(C)(C)C)cc3)c(C(=O)Nc3ccc(C)cc3)c(=O)[nH]2)cc1. The molecule has 0 radical (unpaired) electrons. The van der Waals surface area contributed by atoms with Crippen molar-refractivity contribution in [1.82, 2.24) is 65.5 Å². The molecule has 9 heterocycles. The van der Waals surface area contributed by atoms with Crippen LogP contribution < -0.4 is 46.5 Å². The lowest BCUT2D eigenvalue weighted by Gasteiger charge is -2.19. The van der Waals surface area contributed by atoms with Crippen molar-refractivity contribution in [2.75, 3.05) is 31.7 Å². The Balaban J connectivity index is 0.000000137. The number of H-pyrrole nitrogens is 7. The number of carbonyl (C=O) groups is 1. The van der Waals surface area contributed by atoms with E-state index in [0.29, 0.717) is 76.8 Å². The topological polar surface area (TPSA) is 322 Å². The fraction of sp³-hybridized carbons (Fsp3) is 0.264. The monoisotopic (exact) mass is 1840 g/mol. The molecule has 1 saturated carbocycles. The van der Waals surface area contributed by atoms with E-state index in [0.717, 1.165) is 162 Å². The van der Waals surface area contributed by atoms with Crippen LogP contribution in [-0.4, -0.2) is 97.8 Å². The minimum Gasteiger partial charge on any atom is -0.494 e. The highest BCUT2D eigenvalue weighted by molar-refractivity contribution is 7.22. The number of amides is 1. The fourth-order valence-electron chi connectivity index (χ4n) is 15.4. The summed E-state index contributed by atoms with van der Waals surface area (Å²) in [6.45, 7) is 26.4. The Morgan fingerprint density at radius 3 is 1.15 bits per heavy atom. The van der Waals surface area contributed by atoms with Crippen LogP contribution in [0.5, 0.6) is 23.0 Å². The van der Waals surface area contributed by atoms with E-state index in [9.17, 15) is 24.0 Å². The van der Waals surface area contributed by atoms with E-state index in [-0.39, 0.29) is 33.1 Å². The number of anilines is 1. The molecule has 0 atom stereocenters. The highest BCUT2D eigenvalue weighted by Gasteiger charge is 2.29. The normalized spacial score (nSPS) is 11.8. The van der Waals surface area contributed by atoms with Crippen molar-refractivity contribution in [3.63, 3.8) is 0 Å². The average Bonchev–Trinajstić information content (AvgIpc) is 1.51. The predicted molar refractivity (Wildman–Crippen MR) is 546 cm³/mol. The summed E-state index contributed by atoms with van der Waals surface area (Å²) in [5.74, 6) is 4.88. The summed E-state index contributed by atoms with van der Waals surface area (Å²) in [7, 11) is 0. The summed E-state index contributed by atoms with van der Waals surface area (Å²) in [6, 6.07) is 77.6. The van der Waals surface area contributed by atoms with E-state index in [2.05, 4.69) is 207 Å². The van der Waals surface area contributed by atoms with Crippen molar-refractivity contribution in [2.45, 2.75) is 164 Å². The van der Waals surface area contributed by atoms with Gasteiger partial charge in [0.2, 0.25) is 0 Å². The van der Waals surface area contributed by atoms with Gasteiger partial charge in [-0.1, -0.05) is 186 Å². The Morgan fingerprint density at radius 2 is 0.756 bits per heavy atom. The van der Waals surface area contributed by atoms with E-state index in [1.54, 1.807) is 22.7 Å². The molecule has 0 aliphatic heterocycles. The second kappa shape index (κ2) is 44.2. The maximum Gasteiger partial charge on any atom is 0.261 e. The number of thiophene rings is 2. The Morgan fingerprint density at radius 1 is 0.385 bits per heavy atom. The second-order valence-corrected chi connectivity index (χ2v) is 37.8. The summed E-state index contributed by atoms with van der Waals surface area (Å²) in [5.41, 5.74) is 16.0. The molecule has 1 fully saturated rings. The molecule has 1 aliphatic carbocycles. The van der Waals surface area contributed by atoms with Crippen molar-refractivity contribution >= 4 is 44.4 Å². The van der Waals surface area contributed by atoms with Gasteiger partial charge in [0, 0.05) is 70.0 Å². The van der Waals surface area contributed by atoms with Gasteiger partial charge in [-0.05, 0) is 270 Å². The predicted octanol–water partition coefficient (Wildman–Crippen LogP) is 25.6. The zero-order valence-electron chi connectivity index (χ0n) is 78.1. The van der Waals surface area contributed by atoms with Gasteiger partial charge in [-0.15, -0.1) is 22.7 Å². The Kier molecular flexibility index (Phi) is 31.1. The highest BCUT2D eigenvalue weighted by Crippen LogP contribution is 2.47. The quantitative estimate of drug-likeness (QED) is 0.0187. The summed E-state index contributed by atoms with van der Waals surface area (Å²) >= 11 is 3.41. The zero-order valence-corrected chi connectivity index (χ0v) is 79.7. The largest absolute Gasteiger partial charge is 0.494 e. The van der Waals surface area contributed by atoms with Crippen LogP contribution in [0.3, 0.4) is 0 Å². The lowest BCUT2D eigenvalue weighted by atomic mass is 9.86. The number of benzene rings is 8. The third kappa shape index (κ3) is 24.2. The molecule has 1 amide bonds. The summed E-state index contributed by atoms with van der Waals surface area (Å²) in [5, 5.41) is 24.4. The molecule has 135 heavy (non-hydrogen) atoms. The Hall–Kier alpha value is -14.7. The van der Waals surface area contributed by atoms with Crippen LogP contribution in [0.1, 0.15) is 178 Å². The Labute approximate surface area is 793 Å². The lowest BCUT2D eigenvalue weighted by molar-refractivity contribution is 0.102. The number of hydrogen-bond acceptors (Lipinski definition) is 17. The molecule has 8 N–H and O–H groups in total. The molecule has 9 aromatic heterocycles. The highest BCUT2D eigenvalue weighted by atomic mass is 32.1. The molecule has 1 aliphatic rings. The summed E-state index contributed by atoms with van der Waals surface area (Å²) < 4.78 is 24.3. The fourth-order valence-corrected chi connectivity index (χ4v) is 17.7. The van der Waals surface area contributed by atoms with Crippen molar-refractivity contribution < 1.29 is 23.7 Å². The van der Waals surface area contributed by atoms with Gasteiger partial charge in [-0.3, -0.25) is 39.3 Å². The molecule has 8 aromatic carbocycles. The van der Waals surface area contributed by atoms with Crippen LogP contribution in [0.15, 0.2) is 275 Å². The number of nitrogens with zero attached hydrogens (tertiary/aromatic N) is 6. The summed E-state index contributed by atoms with van der Waals surface area (Å²) in [4.78, 5) is 94.6. The number of rotatable bonds is 31. The average molecular weight is 1840 g/mol. The standard InChI is InChI=1S/C33H36N2O3.C27H30N4O2.C25H22N4O2S.C25H26N4O2S/c1-6-7-20-38-27-18-12-24(13-19-27)29-21-28(23-10-14-25(15-11-23)33(3,4)5)30(32(37)35-29)31(36)34-26-16-8-22(2)9-17-26;1-5-6-15-33-21-13-9-19(10-14-21)23-16-22(18-7-11-20(12-8-18)27(2,3)4)24(26(32)30-23)25-28-17-29-31-25;1-2-3-12-31-18-10-8-16(9-11-18)20-14-19(22-13-17-6-4-5-7-21(17)32-22)23(25(30)28-20)24-26-15-27-29-24;1-2-3-4-13-31-18-9-7-16(8-10-18)20-14-19(22-12-11-21(32-22)17-5-6-17)23(25(30)28-20)24-26-15-27-29-24/h8-19,21H,6-7,20H2,1-5H3,(H,34,36)(H,35,37);7-14,16-17H,5-6,15H2,1-4H3,(H,30,32)(H,28,29,31);4-11,13-15H,2-3,12H2,1H3,(H,28,30)(H,26,27,29);7-12,14-15,17H,2-6,13H2,1H3,(H,28,30)(H,26,27,29). The maximum atomic E-state index is 13.4. The number of hydrogen-bond donors (Lipinski definition) is 8. The number of aromatic amines is 7. The van der Waals surface area contributed by atoms with E-state index in [4.69, 9.17) is 18.9 Å². The van der Waals surface area contributed by atoms with Crippen LogP contribution in [0.25, 0.3) is 132 Å². The first-order chi connectivity index (χ1) is 65.5. The number of nitrogens with one attached hydrogen (secondary N) is 8. The first kappa shape index (κ1) is 94.9. The van der Waals surface area contributed by atoms with Crippen molar-refractivity contribution in [3.05, 3.63) is 324 Å².